The molecule has 1 spiro atoms. The number of piperidine rings is 1. The Bertz CT molecular complexity index is 1270. The van der Waals surface area contributed by atoms with Gasteiger partial charge in [0.05, 0.1) is 22.3 Å². The van der Waals surface area contributed by atoms with Crippen molar-refractivity contribution in [3.05, 3.63) is 52.2 Å². The van der Waals surface area contributed by atoms with E-state index in [9.17, 15) is 18.3 Å². The van der Waals surface area contributed by atoms with Crippen molar-refractivity contribution in [2.24, 2.45) is 5.41 Å². The van der Waals surface area contributed by atoms with Crippen molar-refractivity contribution in [2.45, 2.75) is 50.7 Å². The molecule has 2 fully saturated rings. The van der Waals surface area contributed by atoms with Crippen LogP contribution in [0.15, 0.2) is 29.2 Å². The van der Waals surface area contributed by atoms with Gasteiger partial charge in [-0.05, 0) is 80.9 Å². The maximum Gasteiger partial charge on any atom is 0.338 e. The second-order valence-corrected chi connectivity index (χ2v) is 12.4. The number of β-amino-alcohol motifs (C(OH)–C–C–N with tert-alkyl or cyclic N) is 1. The predicted octanol–water partition coefficient (Wildman–Crippen LogP) is 2.80. The highest BCUT2D eigenvalue weighted by atomic mass is 32.2. The van der Waals surface area contributed by atoms with Crippen molar-refractivity contribution in [1.29, 1.82) is 0 Å². The van der Waals surface area contributed by atoms with E-state index < -0.39 is 15.9 Å². The Kier molecular flexibility index (Phi) is 6.14. The number of aromatic nitrogens is 1. The van der Waals surface area contributed by atoms with Crippen LogP contribution in [0, 0.1) is 19.3 Å². The standard InChI is InChI=1S/C26H33N3O5S/c1-17-19(4-5-20-21(17)15-34-25(20)31)22(30)14-28-11-8-26(9-12-28)10-13-29(16-26)24-7-6-23(18(2)27-24)35(3,32)33/h4-7,22,30H,8-16H2,1-3H3. The fraction of sp³-hybridized carbons (Fsp3) is 0.538. The number of pyridine rings is 1. The summed E-state index contributed by atoms with van der Waals surface area (Å²) in [6.45, 7) is 8.26. The molecule has 1 aromatic carbocycles. The van der Waals surface area contributed by atoms with E-state index in [0.717, 1.165) is 67.9 Å². The molecular formula is C26H33N3O5S. The first-order chi connectivity index (χ1) is 16.6. The minimum atomic E-state index is -3.27. The van der Waals surface area contributed by atoms with E-state index in [4.69, 9.17) is 4.74 Å². The van der Waals surface area contributed by atoms with Gasteiger partial charge in [-0.1, -0.05) is 6.07 Å². The van der Waals surface area contributed by atoms with Crippen LogP contribution < -0.4 is 4.90 Å². The largest absolute Gasteiger partial charge is 0.457 e. The van der Waals surface area contributed by atoms with Crippen molar-refractivity contribution >= 4 is 21.6 Å². The molecule has 3 aliphatic rings. The van der Waals surface area contributed by atoms with E-state index in [1.54, 1.807) is 19.1 Å². The molecule has 0 aliphatic carbocycles. The first kappa shape index (κ1) is 24.2. The summed E-state index contributed by atoms with van der Waals surface area (Å²) in [7, 11) is -3.27. The molecule has 188 valence electrons. The molecule has 1 N–H and O–H groups in total. The Morgan fingerprint density at radius 2 is 1.83 bits per heavy atom. The van der Waals surface area contributed by atoms with Gasteiger partial charge in [-0.2, -0.15) is 0 Å². The zero-order chi connectivity index (χ0) is 25.0. The topological polar surface area (TPSA) is 100 Å². The van der Waals surface area contributed by atoms with E-state index in [2.05, 4.69) is 14.8 Å². The smallest absolute Gasteiger partial charge is 0.338 e. The lowest BCUT2D eigenvalue weighted by Gasteiger charge is -2.40. The summed E-state index contributed by atoms with van der Waals surface area (Å²) in [5, 5.41) is 11.0. The van der Waals surface area contributed by atoms with Gasteiger partial charge in [0.25, 0.3) is 0 Å². The number of rotatable bonds is 5. The van der Waals surface area contributed by atoms with E-state index in [0.29, 0.717) is 22.7 Å². The molecule has 8 nitrogen and oxygen atoms in total. The maximum atomic E-state index is 11.9. The number of cyclic esters (lactones) is 1. The highest BCUT2D eigenvalue weighted by Crippen LogP contribution is 2.42. The Labute approximate surface area is 206 Å². The normalized spacial score (nSPS) is 20.8. The van der Waals surface area contributed by atoms with E-state index >= 15 is 0 Å². The average molecular weight is 500 g/mol. The number of esters is 1. The van der Waals surface area contributed by atoms with Crippen LogP contribution in [0.3, 0.4) is 0 Å². The van der Waals surface area contributed by atoms with Gasteiger partial charge in [0.1, 0.15) is 12.4 Å². The minimum Gasteiger partial charge on any atom is -0.457 e. The van der Waals surface area contributed by atoms with E-state index in [1.165, 1.54) is 6.26 Å². The van der Waals surface area contributed by atoms with Crippen LogP contribution in [0.25, 0.3) is 0 Å². The number of benzene rings is 1. The lowest BCUT2D eigenvalue weighted by atomic mass is 9.77. The van der Waals surface area contributed by atoms with Gasteiger partial charge in [-0.3, -0.25) is 0 Å². The number of sulfone groups is 1. The molecule has 1 atom stereocenters. The van der Waals surface area contributed by atoms with Gasteiger partial charge in [0.2, 0.25) is 0 Å². The molecule has 0 saturated carbocycles. The molecule has 1 aromatic heterocycles. The van der Waals surface area contributed by atoms with Crippen molar-refractivity contribution in [3.63, 3.8) is 0 Å². The first-order valence-corrected chi connectivity index (χ1v) is 14.1. The maximum absolute atomic E-state index is 11.9. The summed E-state index contributed by atoms with van der Waals surface area (Å²) in [5.74, 6) is 0.562. The number of aliphatic hydroxyl groups excluding tert-OH is 1. The third-order valence-electron chi connectivity index (χ3n) is 8.10. The average Bonchev–Trinajstić information content (AvgIpc) is 3.39. The summed E-state index contributed by atoms with van der Waals surface area (Å²) >= 11 is 0. The zero-order valence-electron chi connectivity index (χ0n) is 20.6. The molecule has 2 aromatic rings. The number of hydrogen-bond acceptors (Lipinski definition) is 8. The number of carbonyl (C=O) groups excluding carboxylic acids is 1. The monoisotopic (exact) mass is 499 g/mol. The molecule has 3 aliphatic heterocycles. The van der Waals surface area contributed by atoms with Crippen LogP contribution in [-0.4, -0.2) is 68.4 Å². The molecule has 0 amide bonds. The quantitative estimate of drug-likeness (QED) is 0.627. The van der Waals surface area contributed by atoms with Gasteiger partial charge < -0.3 is 19.6 Å². The third kappa shape index (κ3) is 4.57. The van der Waals surface area contributed by atoms with Crippen LogP contribution in [0.2, 0.25) is 0 Å². The summed E-state index contributed by atoms with van der Waals surface area (Å²) in [5.41, 5.74) is 4.10. The summed E-state index contributed by atoms with van der Waals surface area (Å²) in [4.78, 5) is 21.3. The molecule has 0 bridgehead atoms. The van der Waals surface area contributed by atoms with Gasteiger partial charge in [-0.25, -0.2) is 18.2 Å². The molecule has 9 heteroatoms. The van der Waals surface area contributed by atoms with E-state index in [-0.39, 0.29) is 18.0 Å². The Morgan fingerprint density at radius 1 is 1.11 bits per heavy atom. The SMILES string of the molecule is Cc1nc(N2CCC3(CCN(CC(O)c4ccc5c(c4C)COC5=O)CC3)C2)ccc1S(C)(=O)=O. The molecule has 0 radical (unpaired) electrons. The van der Waals surface area contributed by atoms with Crippen molar-refractivity contribution in [3.8, 4) is 0 Å². The number of aliphatic hydroxyl groups is 1. The third-order valence-corrected chi connectivity index (χ3v) is 9.33. The number of carbonyl (C=O) groups is 1. The summed E-state index contributed by atoms with van der Waals surface area (Å²) in [6, 6.07) is 7.12. The Hall–Kier alpha value is -2.49. The summed E-state index contributed by atoms with van der Waals surface area (Å²) in [6.07, 6.45) is 3.82. The fourth-order valence-electron chi connectivity index (χ4n) is 5.92. The molecular weight excluding hydrogens is 466 g/mol. The van der Waals surface area contributed by atoms with Gasteiger partial charge in [0, 0.05) is 31.5 Å². The van der Waals surface area contributed by atoms with Gasteiger partial charge >= 0.3 is 5.97 Å². The number of hydrogen-bond donors (Lipinski definition) is 1. The molecule has 5 rings (SSSR count). The lowest BCUT2D eigenvalue weighted by Crippen LogP contribution is -2.43. The number of ether oxygens (including phenoxy) is 1. The molecule has 35 heavy (non-hydrogen) atoms. The number of likely N-dealkylation sites (tertiary alicyclic amines) is 1. The van der Waals surface area contributed by atoms with Crippen LogP contribution >= 0.6 is 0 Å². The van der Waals surface area contributed by atoms with Gasteiger partial charge in [-0.15, -0.1) is 0 Å². The number of aryl methyl sites for hydroxylation is 1. The molecule has 4 heterocycles. The van der Waals surface area contributed by atoms with Crippen LogP contribution in [0.4, 0.5) is 5.82 Å². The number of fused-ring (bicyclic) bond motifs is 1. The van der Waals surface area contributed by atoms with E-state index in [1.807, 2.05) is 19.1 Å². The van der Waals surface area contributed by atoms with Crippen LogP contribution in [-0.2, 0) is 21.2 Å². The lowest BCUT2D eigenvalue weighted by molar-refractivity contribution is 0.0534. The molecule has 2 saturated heterocycles. The zero-order valence-corrected chi connectivity index (χ0v) is 21.4. The minimum absolute atomic E-state index is 0.230. The Morgan fingerprint density at radius 3 is 2.51 bits per heavy atom. The van der Waals surface area contributed by atoms with Crippen molar-refractivity contribution in [1.82, 2.24) is 9.88 Å². The highest BCUT2D eigenvalue weighted by molar-refractivity contribution is 7.90. The van der Waals surface area contributed by atoms with Gasteiger partial charge in [0.15, 0.2) is 9.84 Å². The van der Waals surface area contributed by atoms with Crippen LogP contribution in [0.5, 0.6) is 0 Å². The van der Waals surface area contributed by atoms with Crippen molar-refractivity contribution in [2.75, 3.05) is 43.9 Å². The van der Waals surface area contributed by atoms with Crippen LogP contribution in [0.1, 0.15) is 58.1 Å². The number of anilines is 1. The first-order valence-electron chi connectivity index (χ1n) is 12.2. The number of nitrogens with zero attached hydrogens (tertiary/aromatic N) is 3. The van der Waals surface area contributed by atoms with Crippen molar-refractivity contribution < 1.29 is 23.1 Å². The summed E-state index contributed by atoms with van der Waals surface area (Å²) < 4.78 is 29.0. The second kappa shape index (κ2) is 8.87. The second-order valence-electron chi connectivity index (χ2n) is 10.4. The molecule has 1 unspecified atom stereocenters. The Balaban J connectivity index is 1.20. The highest BCUT2D eigenvalue weighted by Gasteiger charge is 2.41. The predicted molar refractivity (Wildman–Crippen MR) is 132 cm³/mol. The fourth-order valence-corrected chi connectivity index (χ4v) is 6.82.